The molecule has 104 valence electrons. The molecule has 0 aromatic heterocycles. The van der Waals surface area contributed by atoms with E-state index in [-0.39, 0.29) is 12.6 Å². The van der Waals surface area contributed by atoms with Gasteiger partial charge in [0.2, 0.25) is 10.0 Å². The van der Waals surface area contributed by atoms with Crippen LogP contribution in [0.5, 0.6) is 0 Å². The van der Waals surface area contributed by atoms with Crippen LogP contribution < -0.4 is 4.72 Å². The second kappa shape index (κ2) is 5.30. The van der Waals surface area contributed by atoms with E-state index < -0.39 is 10.0 Å². The maximum absolute atomic E-state index is 12.2. The summed E-state index contributed by atoms with van der Waals surface area (Å²) in [5, 5.41) is 3.80. The van der Waals surface area contributed by atoms with E-state index in [1.807, 2.05) is 19.9 Å². The second-order valence-corrected chi connectivity index (χ2v) is 6.61. The molecule has 1 heterocycles. The molecule has 0 saturated heterocycles. The van der Waals surface area contributed by atoms with Crippen molar-refractivity contribution in [1.29, 1.82) is 0 Å². The van der Waals surface area contributed by atoms with E-state index >= 15 is 0 Å². The summed E-state index contributed by atoms with van der Waals surface area (Å²) in [6.07, 6.45) is 0.454. The molecule has 1 aromatic rings. The number of nitrogens with one attached hydrogen (secondary N) is 1. The molecule has 0 saturated carbocycles. The Labute approximate surface area is 113 Å². The molecule has 2 rings (SSSR count). The molecule has 5 nitrogen and oxygen atoms in total. The van der Waals surface area contributed by atoms with Gasteiger partial charge in [0.15, 0.2) is 0 Å². The molecule has 0 bridgehead atoms. The quantitative estimate of drug-likeness (QED) is 0.914. The normalized spacial score (nSPS) is 19.1. The largest absolute Gasteiger partial charge is 0.391 e. The molecule has 0 radical (unpaired) electrons. The fourth-order valence-electron chi connectivity index (χ4n) is 2.06. The first-order valence-electron chi connectivity index (χ1n) is 6.15. The Balaban J connectivity index is 2.06. The zero-order valence-electron chi connectivity index (χ0n) is 11.3. The van der Waals surface area contributed by atoms with Gasteiger partial charge >= 0.3 is 0 Å². The first-order chi connectivity index (χ1) is 8.88. The number of oxime groups is 1. The average molecular weight is 282 g/mol. The lowest BCUT2D eigenvalue weighted by Crippen LogP contribution is -2.32. The van der Waals surface area contributed by atoms with Gasteiger partial charge in [0.25, 0.3) is 0 Å². The van der Waals surface area contributed by atoms with Gasteiger partial charge in [-0.1, -0.05) is 22.9 Å². The molecular weight excluding hydrogens is 264 g/mol. The van der Waals surface area contributed by atoms with Gasteiger partial charge in [-0.05, 0) is 32.4 Å². The summed E-state index contributed by atoms with van der Waals surface area (Å²) in [5.41, 5.74) is 2.67. The van der Waals surface area contributed by atoms with Crippen LogP contribution in [0.4, 0.5) is 0 Å². The molecule has 0 amide bonds. The van der Waals surface area contributed by atoms with Crippen LogP contribution in [0.2, 0.25) is 0 Å². The van der Waals surface area contributed by atoms with Gasteiger partial charge in [0.05, 0.1) is 17.2 Å². The molecule has 19 heavy (non-hydrogen) atoms. The SMILES string of the molecule is CC1=NO[C@@H](CNS(=O)(=O)c2ccc(C)cc2C)C1. The molecule has 0 fully saturated rings. The van der Waals surface area contributed by atoms with Crippen molar-refractivity contribution in [2.45, 2.75) is 38.2 Å². The van der Waals surface area contributed by atoms with Crippen LogP contribution in [-0.4, -0.2) is 26.8 Å². The lowest BCUT2D eigenvalue weighted by Gasteiger charge is -2.12. The highest BCUT2D eigenvalue weighted by molar-refractivity contribution is 7.89. The Hall–Kier alpha value is -1.40. The fourth-order valence-corrected chi connectivity index (χ4v) is 3.35. The number of hydrogen-bond acceptors (Lipinski definition) is 4. The Morgan fingerprint density at radius 3 is 2.68 bits per heavy atom. The van der Waals surface area contributed by atoms with Crippen LogP contribution in [0.15, 0.2) is 28.3 Å². The Kier molecular flexibility index (Phi) is 3.91. The van der Waals surface area contributed by atoms with Crippen LogP contribution in [-0.2, 0) is 14.9 Å². The van der Waals surface area contributed by atoms with Crippen molar-refractivity contribution in [2.24, 2.45) is 5.16 Å². The molecule has 1 atom stereocenters. The van der Waals surface area contributed by atoms with E-state index in [0.717, 1.165) is 16.8 Å². The van der Waals surface area contributed by atoms with Crippen molar-refractivity contribution in [2.75, 3.05) is 6.54 Å². The highest BCUT2D eigenvalue weighted by Crippen LogP contribution is 2.17. The van der Waals surface area contributed by atoms with Crippen LogP contribution in [0, 0.1) is 13.8 Å². The molecule has 0 aliphatic carbocycles. The van der Waals surface area contributed by atoms with Crippen molar-refractivity contribution in [3.8, 4) is 0 Å². The minimum absolute atomic E-state index is 0.208. The summed E-state index contributed by atoms with van der Waals surface area (Å²) < 4.78 is 27.0. The van der Waals surface area contributed by atoms with Crippen LogP contribution >= 0.6 is 0 Å². The van der Waals surface area contributed by atoms with E-state index in [1.165, 1.54) is 0 Å². The summed E-state index contributed by atoms with van der Waals surface area (Å²) >= 11 is 0. The minimum Gasteiger partial charge on any atom is -0.391 e. The first kappa shape index (κ1) is 14.0. The van der Waals surface area contributed by atoms with Gasteiger partial charge in [-0.25, -0.2) is 13.1 Å². The average Bonchev–Trinajstić information content (AvgIpc) is 2.72. The maximum Gasteiger partial charge on any atom is 0.240 e. The van der Waals surface area contributed by atoms with Gasteiger partial charge in [-0.15, -0.1) is 0 Å². The van der Waals surface area contributed by atoms with E-state index in [2.05, 4.69) is 9.88 Å². The van der Waals surface area contributed by atoms with Crippen molar-refractivity contribution in [3.63, 3.8) is 0 Å². The minimum atomic E-state index is -3.49. The first-order valence-corrected chi connectivity index (χ1v) is 7.63. The number of nitrogens with zero attached hydrogens (tertiary/aromatic N) is 1. The number of benzene rings is 1. The molecule has 1 aliphatic heterocycles. The van der Waals surface area contributed by atoms with Crippen LogP contribution in [0.25, 0.3) is 0 Å². The topological polar surface area (TPSA) is 67.8 Å². The van der Waals surface area contributed by atoms with Crippen molar-refractivity contribution >= 4 is 15.7 Å². The zero-order valence-corrected chi connectivity index (χ0v) is 12.1. The maximum atomic E-state index is 12.2. The lowest BCUT2D eigenvalue weighted by molar-refractivity contribution is 0.0891. The molecule has 0 unspecified atom stereocenters. The smallest absolute Gasteiger partial charge is 0.240 e. The Morgan fingerprint density at radius 1 is 1.37 bits per heavy atom. The van der Waals surface area contributed by atoms with Gasteiger partial charge in [0, 0.05) is 6.42 Å². The molecule has 6 heteroatoms. The number of aryl methyl sites for hydroxylation is 2. The third kappa shape index (κ3) is 3.33. The predicted molar refractivity (Wildman–Crippen MR) is 73.7 cm³/mol. The monoisotopic (exact) mass is 282 g/mol. The van der Waals surface area contributed by atoms with E-state index in [0.29, 0.717) is 11.3 Å². The van der Waals surface area contributed by atoms with Crippen molar-refractivity contribution < 1.29 is 13.3 Å². The summed E-state index contributed by atoms with van der Waals surface area (Å²) in [6, 6.07) is 5.28. The van der Waals surface area contributed by atoms with Crippen LogP contribution in [0.1, 0.15) is 24.5 Å². The summed E-state index contributed by atoms with van der Waals surface area (Å²) in [4.78, 5) is 5.42. The fraction of sp³-hybridized carbons (Fsp3) is 0.462. The lowest BCUT2D eigenvalue weighted by atomic mass is 10.2. The van der Waals surface area contributed by atoms with Crippen molar-refractivity contribution in [1.82, 2.24) is 4.72 Å². The van der Waals surface area contributed by atoms with E-state index in [9.17, 15) is 8.42 Å². The molecular formula is C13H18N2O3S. The Bertz CT molecular complexity index is 608. The van der Waals surface area contributed by atoms with Crippen molar-refractivity contribution in [3.05, 3.63) is 29.3 Å². The standard InChI is InChI=1S/C13H18N2O3S/c1-9-4-5-13(10(2)6-9)19(16,17)14-8-12-7-11(3)15-18-12/h4-6,12,14H,7-8H2,1-3H3/t12-/m1/s1. The third-order valence-electron chi connectivity index (χ3n) is 3.00. The summed E-state index contributed by atoms with van der Waals surface area (Å²) in [6.45, 7) is 5.82. The van der Waals surface area contributed by atoms with Gasteiger partial charge in [-0.2, -0.15) is 0 Å². The third-order valence-corrected chi connectivity index (χ3v) is 4.59. The zero-order chi connectivity index (χ0) is 14.0. The number of rotatable bonds is 4. The highest BCUT2D eigenvalue weighted by Gasteiger charge is 2.22. The van der Waals surface area contributed by atoms with E-state index in [1.54, 1.807) is 19.1 Å². The molecule has 0 spiro atoms. The predicted octanol–water partition coefficient (Wildman–Crippen LogP) is 1.75. The molecule has 1 N–H and O–H groups in total. The molecule has 1 aromatic carbocycles. The van der Waals surface area contributed by atoms with Crippen LogP contribution in [0.3, 0.4) is 0 Å². The van der Waals surface area contributed by atoms with Gasteiger partial charge < -0.3 is 4.84 Å². The van der Waals surface area contributed by atoms with Gasteiger partial charge in [-0.3, -0.25) is 0 Å². The highest BCUT2D eigenvalue weighted by atomic mass is 32.2. The Morgan fingerprint density at radius 2 is 2.11 bits per heavy atom. The molecule has 1 aliphatic rings. The number of sulfonamides is 1. The summed E-state index contributed by atoms with van der Waals surface area (Å²) in [7, 11) is -3.49. The number of hydrogen-bond donors (Lipinski definition) is 1. The second-order valence-electron chi connectivity index (χ2n) is 4.88. The van der Waals surface area contributed by atoms with E-state index in [4.69, 9.17) is 4.84 Å². The summed E-state index contributed by atoms with van der Waals surface area (Å²) in [5.74, 6) is 0. The van der Waals surface area contributed by atoms with Gasteiger partial charge in [0.1, 0.15) is 6.10 Å².